The van der Waals surface area contributed by atoms with Gasteiger partial charge in [0, 0.05) is 28.5 Å². The number of rotatable bonds is 6. The van der Waals surface area contributed by atoms with Crippen LogP contribution in [-0.2, 0) is 6.54 Å². The minimum atomic E-state index is -0.258. The second-order valence-corrected chi connectivity index (χ2v) is 5.34. The number of aromatic nitrogens is 1. The molecule has 1 aromatic heterocycles. The van der Waals surface area contributed by atoms with Crippen LogP contribution in [0.3, 0.4) is 0 Å². The van der Waals surface area contributed by atoms with E-state index in [4.69, 9.17) is 11.6 Å². The molecule has 2 nitrogen and oxygen atoms in total. The predicted octanol–water partition coefficient (Wildman–Crippen LogP) is 4.39. The molecule has 1 heterocycles. The van der Waals surface area contributed by atoms with Crippen molar-refractivity contribution in [3.8, 4) is 0 Å². The van der Waals surface area contributed by atoms with Crippen LogP contribution >= 0.6 is 11.6 Å². The normalized spacial score (nSPS) is 12.6. The third-order valence-corrected chi connectivity index (χ3v) is 3.75. The van der Waals surface area contributed by atoms with E-state index >= 15 is 0 Å². The van der Waals surface area contributed by atoms with Gasteiger partial charge in [-0.15, -0.1) is 0 Å². The average molecular weight is 295 g/mol. The van der Waals surface area contributed by atoms with Gasteiger partial charge in [-0.1, -0.05) is 24.6 Å². The monoisotopic (exact) mass is 294 g/mol. The zero-order valence-electron chi connectivity index (χ0n) is 11.9. The first-order valence-corrected chi connectivity index (χ1v) is 7.32. The van der Waals surface area contributed by atoms with Crippen molar-refractivity contribution in [3.63, 3.8) is 0 Å². The minimum Gasteiger partial charge on any atom is -0.345 e. The minimum absolute atomic E-state index is 0.232. The van der Waals surface area contributed by atoms with Crippen LogP contribution < -0.4 is 5.32 Å². The van der Waals surface area contributed by atoms with Crippen LogP contribution in [0.15, 0.2) is 36.5 Å². The molecule has 20 heavy (non-hydrogen) atoms. The van der Waals surface area contributed by atoms with E-state index in [1.807, 2.05) is 16.8 Å². The molecule has 0 saturated heterocycles. The summed E-state index contributed by atoms with van der Waals surface area (Å²) in [5.74, 6) is -0.258. The fourth-order valence-corrected chi connectivity index (χ4v) is 2.51. The molecule has 2 aromatic rings. The molecule has 4 heteroatoms. The quantitative estimate of drug-likeness (QED) is 0.836. The molecule has 1 N–H and O–H groups in total. The van der Waals surface area contributed by atoms with E-state index in [0.29, 0.717) is 17.1 Å². The highest BCUT2D eigenvalue weighted by molar-refractivity contribution is 6.31. The Morgan fingerprint density at radius 2 is 2.10 bits per heavy atom. The molecular weight excluding hydrogens is 275 g/mol. The lowest BCUT2D eigenvalue weighted by molar-refractivity contribution is 0.529. The molecule has 2 rings (SSSR count). The topological polar surface area (TPSA) is 17.0 Å². The summed E-state index contributed by atoms with van der Waals surface area (Å²) in [6.45, 7) is 5.67. The van der Waals surface area contributed by atoms with Gasteiger partial charge in [0.25, 0.3) is 0 Å². The largest absolute Gasteiger partial charge is 0.345 e. The van der Waals surface area contributed by atoms with E-state index in [1.54, 1.807) is 12.1 Å². The van der Waals surface area contributed by atoms with Crippen molar-refractivity contribution in [1.82, 2.24) is 9.88 Å². The molecule has 0 radical (unpaired) electrons. The highest BCUT2D eigenvalue weighted by Crippen LogP contribution is 2.22. The summed E-state index contributed by atoms with van der Waals surface area (Å²) < 4.78 is 15.9. The predicted molar refractivity (Wildman–Crippen MR) is 81.7 cm³/mol. The van der Waals surface area contributed by atoms with Gasteiger partial charge in [0.2, 0.25) is 0 Å². The van der Waals surface area contributed by atoms with E-state index in [-0.39, 0.29) is 11.9 Å². The summed E-state index contributed by atoms with van der Waals surface area (Å²) in [7, 11) is 0. The van der Waals surface area contributed by atoms with Crippen molar-refractivity contribution in [2.24, 2.45) is 0 Å². The first-order chi connectivity index (χ1) is 9.63. The van der Waals surface area contributed by atoms with Crippen molar-refractivity contribution in [2.75, 3.05) is 6.54 Å². The van der Waals surface area contributed by atoms with Crippen LogP contribution in [0.2, 0.25) is 5.02 Å². The molecule has 0 aliphatic carbocycles. The van der Waals surface area contributed by atoms with Crippen molar-refractivity contribution in [3.05, 3.63) is 58.6 Å². The molecule has 0 spiro atoms. The maximum Gasteiger partial charge on any atom is 0.129 e. The number of hydrogen-bond donors (Lipinski definition) is 1. The second-order valence-electron chi connectivity index (χ2n) is 4.94. The highest BCUT2D eigenvalue weighted by atomic mass is 35.5. The average Bonchev–Trinajstić information content (AvgIpc) is 2.88. The Kier molecular flexibility index (Phi) is 5.21. The standard InChI is InChI=1S/C16H20ClFN2/c1-3-9-19-12(2)16-8-5-10-20(16)11-13-14(17)6-4-7-15(13)18/h4-8,10,12,19H,3,9,11H2,1-2H3. The number of nitrogens with zero attached hydrogens (tertiary/aromatic N) is 1. The molecule has 0 aliphatic rings. The molecule has 1 aromatic carbocycles. The molecule has 1 atom stereocenters. The van der Waals surface area contributed by atoms with E-state index in [2.05, 4.69) is 25.2 Å². The Balaban J connectivity index is 2.20. The molecule has 1 unspecified atom stereocenters. The Bertz CT molecular complexity index is 545. The molecule has 108 valence electrons. The van der Waals surface area contributed by atoms with Gasteiger partial charge in [-0.05, 0) is 44.2 Å². The first-order valence-electron chi connectivity index (χ1n) is 6.94. The van der Waals surface area contributed by atoms with E-state index in [1.165, 1.54) is 6.07 Å². The van der Waals surface area contributed by atoms with Gasteiger partial charge >= 0.3 is 0 Å². The van der Waals surface area contributed by atoms with Gasteiger partial charge < -0.3 is 9.88 Å². The van der Waals surface area contributed by atoms with Crippen LogP contribution in [0.25, 0.3) is 0 Å². The summed E-state index contributed by atoms with van der Waals surface area (Å²) in [6.07, 6.45) is 3.05. The van der Waals surface area contributed by atoms with Crippen LogP contribution in [0, 0.1) is 5.82 Å². The van der Waals surface area contributed by atoms with Crippen LogP contribution in [0.5, 0.6) is 0 Å². The third kappa shape index (κ3) is 3.41. The smallest absolute Gasteiger partial charge is 0.129 e. The Hall–Kier alpha value is -1.32. The molecule has 0 fully saturated rings. The summed E-state index contributed by atoms with van der Waals surface area (Å²) in [5.41, 5.74) is 1.67. The zero-order valence-corrected chi connectivity index (χ0v) is 12.6. The van der Waals surface area contributed by atoms with Crippen LogP contribution in [0.4, 0.5) is 4.39 Å². The summed E-state index contributed by atoms with van der Waals surface area (Å²) in [4.78, 5) is 0. The number of benzene rings is 1. The number of hydrogen-bond acceptors (Lipinski definition) is 1. The summed E-state index contributed by atoms with van der Waals surface area (Å²) in [6, 6.07) is 9.07. The lowest BCUT2D eigenvalue weighted by Crippen LogP contribution is -2.22. The molecule has 0 amide bonds. The van der Waals surface area contributed by atoms with Crippen LogP contribution in [0.1, 0.15) is 37.6 Å². The zero-order chi connectivity index (χ0) is 14.5. The van der Waals surface area contributed by atoms with Gasteiger partial charge in [-0.2, -0.15) is 0 Å². The van der Waals surface area contributed by atoms with E-state index in [9.17, 15) is 4.39 Å². The number of nitrogens with one attached hydrogen (secondary N) is 1. The van der Waals surface area contributed by atoms with Gasteiger partial charge in [-0.3, -0.25) is 0 Å². The lowest BCUT2D eigenvalue weighted by atomic mass is 10.2. The molecule has 0 saturated carbocycles. The Morgan fingerprint density at radius 1 is 1.30 bits per heavy atom. The van der Waals surface area contributed by atoms with Crippen molar-refractivity contribution < 1.29 is 4.39 Å². The van der Waals surface area contributed by atoms with Gasteiger partial charge in [0.1, 0.15) is 5.82 Å². The lowest BCUT2D eigenvalue weighted by Gasteiger charge is -2.17. The Morgan fingerprint density at radius 3 is 2.80 bits per heavy atom. The summed E-state index contributed by atoms with van der Waals surface area (Å²) in [5, 5.41) is 3.91. The fourth-order valence-electron chi connectivity index (χ4n) is 2.28. The molecular formula is C16H20ClFN2. The Labute approximate surface area is 124 Å². The maximum absolute atomic E-state index is 13.9. The summed E-state index contributed by atoms with van der Waals surface area (Å²) >= 11 is 6.09. The number of halogens is 2. The van der Waals surface area contributed by atoms with Crippen molar-refractivity contribution >= 4 is 11.6 Å². The van der Waals surface area contributed by atoms with Crippen molar-refractivity contribution in [2.45, 2.75) is 32.9 Å². The third-order valence-electron chi connectivity index (χ3n) is 3.40. The molecule has 0 aliphatic heterocycles. The van der Waals surface area contributed by atoms with E-state index < -0.39 is 0 Å². The maximum atomic E-state index is 13.9. The SMILES string of the molecule is CCCNC(C)c1cccn1Cc1c(F)cccc1Cl. The first kappa shape index (κ1) is 15.1. The fraction of sp³-hybridized carbons (Fsp3) is 0.375. The van der Waals surface area contributed by atoms with Crippen LogP contribution in [-0.4, -0.2) is 11.1 Å². The molecule has 0 bridgehead atoms. The second kappa shape index (κ2) is 6.91. The van der Waals surface area contributed by atoms with Crippen molar-refractivity contribution in [1.29, 1.82) is 0 Å². The van der Waals surface area contributed by atoms with Gasteiger partial charge in [0.15, 0.2) is 0 Å². The van der Waals surface area contributed by atoms with Gasteiger partial charge in [-0.25, -0.2) is 4.39 Å². The van der Waals surface area contributed by atoms with E-state index in [0.717, 1.165) is 18.7 Å². The highest BCUT2D eigenvalue weighted by Gasteiger charge is 2.12. The van der Waals surface area contributed by atoms with Gasteiger partial charge in [0.05, 0.1) is 6.54 Å².